The summed E-state index contributed by atoms with van der Waals surface area (Å²) in [6.07, 6.45) is 3.76. The molecule has 2 nitrogen and oxygen atoms in total. The van der Waals surface area contributed by atoms with E-state index in [2.05, 4.69) is 22.0 Å². The lowest BCUT2D eigenvalue weighted by Crippen LogP contribution is -2.13. The molecule has 0 spiro atoms. The Morgan fingerprint density at radius 3 is 2.88 bits per heavy atom. The van der Waals surface area contributed by atoms with Gasteiger partial charge in [0.2, 0.25) is 0 Å². The van der Waals surface area contributed by atoms with Crippen molar-refractivity contribution in [2.75, 3.05) is 6.61 Å². The van der Waals surface area contributed by atoms with E-state index in [1.54, 1.807) is 0 Å². The second kappa shape index (κ2) is 5.19. The Hall–Kier alpha value is -0.540. The van der Waals surface area contributed by atoms with Crippen molar-refractivity contribution in [1.29, 1.82) is 0 Å². The van der Waals surface area contributed by atoms with Crippen molar-refractivity contribution in [3.05, 3.63) is 28.2 Å². The minimum atomic E-state index is 0.103. The van der Waals surface area contributed by atoms with Crippen LogP contribution in [-0.2, 0) is 0 Å². The molecular weight excluding hydrogens is 266 g/mol. The Kier molecular flexibility index (Phi) is 3.87. The van der Waals surface area contributed by atoms with Gasteiger partial charge in [0, 0.05) is 16.1 Å². The van der Waals surface area contributed by atoms with Crippen LogP contribution in [0.2, 0.25) is 0 Å². The van der Waals surface area contributed by atoms with Crippen LogP contribution in [0.25, 0.3) is 0 Å². The van der Waals surface area contributed by atoms with E-state index in [9.17, 15) is 0 Å². The first-order chi connectivity index (χ1) is 7.70. The maximum Gasteiger partial charge on any atom is 0.124 e. The number of nitrogens with two attached hydrogens (primary N) is 1. The molecular formula is C13H18BrNO. The molecule has 0 aromatic heterocycles. The van der Waals surface area contributed by atoms with E-state index in [0.717, 1.165) is 28.1 Å². The van der Waals surface area contributed by atoms with E-state index in [-0.39, 0.29) is 6.04 Å². The quantitative estimate of drug-likeness (QED) is 0.895. The monoisotopic (exact) mass is 283 g/mol. The van der Waals surface area contributed by atoms with E-state index in [0.29, 0.717) is 6.61 Å². The third kappa shape index (κ3) is 2.98. The molecule has 0 radical (unpaired) electrons. The SMILES string of the molecule is CCOc1ccc(Br)cc1C(N)CC1CC1. The van der Waals surface area contributed by atoms with Gasteiger partial charge in [-0.05, 0) is 37.5 Å². The van der Waals surface area contributed by atoms with E-state index in [1.807, 2.05) is 19.1 Å². The number of benzene rings is 1. The van der Waals surface area contributed by atoms with Crippen molar-refractivity contribution in [2.45, 2.75) is 32.2 Å². The van der Waals surface area contributed by atoms with Gasteiger partial charge in [0.1, 0.15) is 5.75 Å². The summed E-state index contributed by atoms with van der Waals surface area (Å²) in [5, 5.41) is 0. The zero-order chi connectivity index (χ0) is 11.5. The number of hydrogen-bond acceptors (Lipinski definition) is 2. The first kappa shape index (κ1) is 11.9. The van der Waals surface area contributed by atoms with Gasteiger partial charge in [0.25, 0.3) is 0 Å². The van der Waals surface area contributed by atoms with Crippen LogP contribution in [0, 0.1) is 5.92 Å². The second-order valence-electron chi connectivity index (χ2n) is 4.40. The van der Waals surface area contributed by atoms with Crippen molar-refractivity contribution < 1.29 is 4.74 Å². The molecule has 0 amide bonds. The Balaban J connectivity index is 2.17. The normalized spacial score (nSPS) is 17.2. The van der Waals surface area contributed by atoms with Gasteiger partial charge in [-0.3, -0.25) is 0 Å². The van der Waals surface area contributed by atoms with Gasteiger partial charge in [-0.2, -0.15) is 0 Å². The maximum absolute atomic E-state index is 6.24. The molecule has 2 N–H and O–H groups in total. The fourth-order valence-corrected chi connectivity index (χ4v) is 2.31. The smallest absolute Gasteiger partial charge is 0.124 e. The van der Waals surface area contributed by atoms with E-state index >= 15 is 0 Å². The van der Waals surface area contributed by atoms with E-state index < -0.39 is 0 Å². The number of ether oxygens (including phenoxy) is 1. The van der Waals surface area contributed by atoms with Crippen LogP contribution < -0.4 is 10.5 Å². The molecule has 0 bridgehead atoms. The van der Waals surface area contributed by atoms with Gasteiger partial charge >= 0.3 is 0 Å². The Morgan fingerprint density at radius 1 is 1.50 bits per heavy atom. The van der Waals surface area contributed by atoms with E-state index in [4.69, 9.17) is 10.5 Å². The molecule has 0 heterocycles. The Bertz CT molecular complexity index is 363. The van der Waals surface area contributed by atoms with Gasteiger partial charge in [-0.1, -0.05) is 28.8 Å². The fourth-order valence-electron chi connectivity index (χ4n) is 1.94. The van der Waals surface area contributed by atoms with Crippen LogP contribution in [0.15, 0.2) is 22.7 Å². The second-order valence-corrected chi connectivity index (χ2v) is 5.32. The molecule has 1 saturated carbocycles. The summed E-state index contributed by atoms with van der Waals surface area (Å²) in [5.41, 5.74) is 7.36. The van der Waals surface area contributed by atoms with Crippen molar-refractivity contribution in [1.82, 2.24) is 0 Å². The molecule has 16 heavy (non-hydrogen) atoms. The van der Waals surface area contributed by atoms with Crippen LogP contribution in [0.1, 0.15) is 37.8 Å². The highest BCUT2D eigenvalue weighted by Crippen LogP contribution is 2.39. The summed E-state index contributed by atoms with van der Waals surface area (Å²) in [6.45, 7) is 2.68. The number of halogens is 1. The lowest BCUT2D eigenvalue weighted by Gasteiger charge is -2.16. The summed E-state index contributed by atoms with van der Waals surface area (Å²) in [5.74, 6) is 1.77. The molecule has 1 aromatic rings. The number of hydrogen-bond donors (Lipinski definition) is 1. The van der Waals surface area contributed by atoms with Crippen LogP contribution in [-0.4, -0.2) is 6.61 Å². The van der Waals surface area contributed by atoms with Gasteiger partial charge in [0.05, 0.1) is 6.61 Å². The molecule has 1 unspecified atom stereocenters. The van der Waals surface area contributed by atoms with Crippen molar-refractivity contribution in [2.24, 2.45) is 11.7 Å². The lowest BCUT2D eigenvalue weighted by molar-refractivity contribution is 0.333. The lowest BCUT2D eigenvalue weighted by atomic mass is 10.0. The van der Waals surface area contributed by atoms with Gasteiger partial charge in [-0.25, -0.2) is 0 Å². The summed E-state index contributed by atoms with van der Waals surface area (Å²) in [7, 11) is 0. The molecule has 1 aliphatic rings. The van der Waals surface area contributed by atoms with Crippen molar-refractivity contribution in [3.8, 4) is 5.75 Å². The predicted molar refractivity (Wildman–Crippen MR) is 69.6 cm³/mol. The standard InChI is InChI=1S/C13H18BrNO/c1-2-16-13-6-5-10(14)8-11(13)12(15)7-9-3-4-9/h5-6,8-9,12H,2-4,7,15H2,1H3. The molecule has 1 fully saturated rings. The van der Waals surface area contributed by atoms with Gasteiger partial charge < -0.3 is 10.5 Å². The highest BCUT2D eigenvalue weighted by molar-refractivity contribution is 9.10. The topological polar surface area (TPSA) is 35.2 Å². The first-order valence-electron chi connectivity index (χ1n) is 5.88. The molecule has 0 aliphatic heterocycles. The molecule has 1 aliphatic carbocycles. The number of rotatable bonds is 5. The third-order valence-electron chi connectivity index (χ3n) is 2.96. The Morgan fingerprint density at radius 2 is 2.25 bits per heavy atom. The van der Waals surface area contributed by atoms with Crippen molar-refractivity contribution in [3.63, 3.8) is 0 Å². The first-order valence-corrected chi connectivity index (χ1v) is 6.67. The summed E-state index contributed by atoms with van der Waals surface area (Å²) in [6, 6.07) is 6.18. The van der Waals surface area contributed by atoms with Crippen LogP contribution >= 0.6 is 15.9 Å². The van der Waals surface area contributed by atoms with Crippen molar-refractivity contribution >= 4 is 15.9 Å². The predicted octanol–water partition coefficient (Wildman–Crippen LogP) is 3.65. The minimum Gasteiger partial charge on any atom is -0.494 e. The average Bonchev–Trinajstić information content (AvgIpc) is 3.05. The zero-order valence-corrected chi connectivity index (χ0v) is 11.2. The molecule has 1 aromatic carbocycles. The maximum atomic E-state index is 6.24. The van der Waals surface area contributed by atoms with Crippen LogP contribution in [0.5, 0.6) is 5.75 Å². The summed E-state index contributed by atoms with van der Waals surface area (Å²) < 4.78 is 6.68. The van der Waals surface area contributed by atoms with E-state index in [1.165, 1.54) is 12.8 Å². The molecule has 2 rings (SSSR count). The molecule has 88 valence electrons. The van der Waals surface area contributed by atoms with Gasteiger partial charge in [-0.15, -0.1) is 0 Å². The molecule has 1 atom stereocenters. The fraction of sp³-hybridized carbons (Fsp3) is 0.538. The van der Waals surface area contributed by atoms with Crippen LogP contribution in [0.4, 0.5) is 0 Å². The average molecular weight is 284 g/mol. The summed E-state index contributed by atoms with van der Waals surface area (Å²) in [4.78, 5) is 0. The largest absolute Gasteiger partial charge is 0.494 e. The van der Waals surface area contributed by atoms with Crippen LogP contribution in [0.3, 0.4) is 0 Å². The highest BCUT2D eigenvalue weighted by atomic mass is 79.9. The Labute approximate surface area is 105 Å². The van der Waals surface area contributed by atoms with Gasteiger partial charge in [0.15, 0.2) is 0 Å². The summed E-state index contributed by atoms with van der Waals surface area (Å²) >= 11 is 3.49. The minimum absolute atomic E-state index is 0.103. The molecule has 3 heteroatoms. The molecule has 0 saturated heterocycles. The zero-order valence-electron chi connectivity index (χ0n) is 9.58. The third-order valence-corrected chi connectivity index (χ3v) is 3.45. The highest BCUT2D eigenvalue weighted by Gasteiger charge is 2.25.